The number of sulfonamides is 1. The van der Waals surface area contributed by atoms with E-state index in [0.717, 1.165) is 6.26 Å². The highest BCUT2D eigenvalue weighted by molar-refractivity contribution is 7.92. The number of hydrogen-bond acceptors (Lipinski definition) is 8. The Morgan fingerprint density at radius 2 is 1.88 bits per heavy atom. The smallest absolute Gasteiger partial charge is 0.429 e. The van der Waals surface area contributed by atoms with Gasteiger partial charge in [0.05, 0.1) is 17.6 Å². The van der Waals surface area contributed by atoms with Gasteiger partial charge in [-0.1, -0.05) is 34.6 Å². The van der Waals surface area contributed by atoms with Crippen molar-refractivity contribution in [1.29, 1.82) is 0 Å². The zero-order valence-corrected chi connectivity index (χ0v) is 22.3. The lowest BCUT2D eigenvalue weighted by Gasteiger charge is -2.40. The monoisotopic (exact) mass is 513 g/mol. The van der Waals surface area contributed by atoms with E-state index in [9.17, 15) is 28.1 Å². The van der Waals surface area contributed by atoms with Crippen molar-refractivity contribution >= 4 is 46.3 Å². The van der Waals surface area contributed by atoms with E-state index < -0.39 is 29.3 Å². The molecule has 10 nitrogen and oxygen atoms in total. The van der Waals surface area contributed by atoms with Gasteiger partial charge < -0.3 is 15.3 Å². The molecule has 2 heterocycles. The van der Waals surface area contributed by atoms with Crippen LogP contribution >= 0.6 is 7.87 Å². The number of nitrogens with zero attached hydrogens (tertiary/aromatic N) is 2. The summed E-state index contributed by atoms with van der Waals surface area (Å²) in [6.07, 6.45) is 1.69. The average Bonchev–Trinajstić information content (AvgIpc) is 2.85. The van der Waals surface area contributed by atoms with E-state index in [4.69, 9.17) is 0 Å². The van der Waals surface area contributed by atoms with Crippen LogP contribution in [0.2, 0.25) is 0 Å². The first-order chi connectivity index (χ1) is 15.4. The first-order valence-corrected chi connectivity index (χ1v) is 14.5. The molecule has 0 spiro atoms. The lowest BCUT2D eigenvalue weighted by atomic mass is 9.84. The third kappa shape index (κ3) is 4.93. The molecule has 0 saturated heterocycles. The number of rotatable bonds is 6. The standard InChI is InChI=1S/C22H33N4O6PS/c1-13(2)22(6)18(27)17(20(28)26(22)11-10-21(3,4)5)19-23-15-9-8-14(25-34(7,31)32)12-16(15)33(29,30)24-19/h8-9,12-13,25,29-30H,10-11H2,1-7H3,(H-,23,24,27,28)/p+1. The highest BCUT2D eigenvalue weighted by Crippen LogP contribution is 2.55. The number of benzene rings is 1. The summed E-state index contributed by atoms with van der Waals surface area (Å²) >= 11 is 0. The number of carbonyl (C=O) groups excluding carboxylic acids is 1. The van der Waals surface area contributed by atoms with Gasteiger partial charge in [0.1, 0.15) is 16.9 Å². The minimum atomic E-state index is -4.13. The Morgan fingerprint density at radius 1 is 1.26 bits per heavy atom. The predicted octanol–water partition coefficient (Wildman–Crippen LogP) is 2.76. The molecule has 0 radical (unpaired) electrons. The lowest BCUT2D eigenvalue weighted by Crippen LogP contribution is -2.50. The van der Waals surface area contributed by atoms with Gasteiger partial charge in [0.25, 0.3) is 5.91 Å². The van der Waals surface area contributed by atoms with Crippen LogP contribution in [-0.2, 0) is 14.8 Å². The van der Waals surface area contributed by atoms with Crippen LogP contribution in [0.1, 0.15) is 48.0 Å². The first-order valence-electron chi connectivity index (χ1n) is 11.0. The molecular weight excluding hydrogens is 479 g/mol. The molecule has 1 unspecified atom stereocenters. The van der Waals surface area contributed by atoms with E-state index in [1.807, 2.05) is 13.8 Å². The van der Waals surface area contributed by atoms with E-state index in [2.05, 4.69) is 35.6 Å². The van der Waals surface area contributed by atoms with Crippen LogP contribution in [0, 0.1) is 11.3 Å². The SMILES string of the molecule is CC(C)C1(C)C(O)=C(C2=N[P+](O)(O)c3cc(NS(C)(=O)=O)ccc3N2)C(=O)N1CCC(C)(C)C. The number of fused-ring (bicyclic) bond motifs is 1. The number of amides is 1. The lowest BCUT2D eigenvalue weighted by molar-refractivity contribution is -0.131. The molecule has 3 rings (SSSR count). The van der Waals surface area contributed by atoms with E-state index in [1.165, 1.54) is 18.2 Å². The number of carbonyl (C=O) groups is 1. The number of anilines is 2. The zero-order chi connectivity index (χ0) is 25.9. The summed E-state index contributed by atoms with van der Waals surface area (Å²) in [6.45, 7) is 12.2. The Morgan fingerprint density at radius 3 is 2.41 bits per heavy atom. The van der Waals surface area contributed by atoms with Crippen molar-refractivity contribution in [2.75, 3.05) is 22.8 Å². The third-order valence-electron chi connectivity index (χ3n) is 6.30. The molecule has 5 N–H and O–H groups in total. The fourth-order valence-corrected chi connectivity index (χ4v) is 5.89. The summed E-state index contributed by atoms with van der Waals surface area (Å²) in [4.78, 5) is 36.8. The van der Waals surface area contributed by atoms with Crippen LogP contribution in [0.25, 0.3) is 0 Å². The second-order valence-corrected chi connectivity index (χ2v) is 14.1. The average molecular weight is 514 g/mol. The summed E-state index contributed by atoms with van der Waals surface area (Å²) in [5.41, 5.74) is -0.715. The van der Waals surface area contributed by atoms with Crippen molar-refractivity contribution in [1.82, 2.24) is 4.90 Å². The van der Waals surface area contributed by atoms with Gasteiger partial charge in [-0.05, 0) is 41.6 Å². The Balaban J connectivity index is 2.04. The fraction of sp³-hybridized carbons (Fsp3) is 0.545. The van der Waals surface area contributed by atoms with Gasteiger partial charge in [0.2, 0.25) is 15.3 Å². The van der Waals surface area contributed by atoms with Crippen LogP contribution in [-0.4, -0.2) is 58.3 Å². The van der Waals surface area contributed by atoms with Crippen molar-refractivity contribution in [3.8, 4) is 0 Å². The molecule has 0 fully saturated rings. The maximum absolute atomic E-state index is 13.5. The Labute approximate surface area is 201 Å². The summed E-state index contributed by atoms with van der Waals surface area (Å²) in [6, 6.07) is 4.21. The van der Waals surface area contributed by atoms with E-state index in [-0.39, 0.29) is 45.2 Å². The quantitative estimate of drug-likeness (QED) is 0.367. The van der Waals surface area contributed by atoms with Gasteiger partial charge in [-0.25, -0.2) is 8.42 Å². The van der Waals surface area contributed by atoms with Gasteiger partial charge in [-0.3, -0.25) is 9.52 Å². The van der Waals surface area contributed by atoms with E-state index >= 15 is 0 Å². The largest absolute Gasteiger partial charge is 0.509 e. The van der Waals surface area contributed by atoms with Crippen molar-refractivity contribution in [3.05, 3.63) is 29.5 Å². The van der Waals surface area contributed by atoms with E-state index in [1.54, 1.807) is 11.8 Å². The predicted molar refractivity (Wildman–Crippen MR) is 136 cm³/mol. The second-order valence-electron chi connectivity index (χ2n) is 10.5. The number of amidine groups is 1. The van der Waals surface area contributed by atoms with Gasteiger partial charge >= 0.3 is 7.87 Å². The summed E-state index contributed by atoms with van der Waals surface area (Å²) < 4.78 is 29.4. The molecule has 1 aromatic rings. The van der Waals surface area contributed by atoms with E-state index in [0.29, 0.717) is 13.0 Å². The fourth-order valence-electron chi connectivity index (χ4n) is 4.03. The minimum Gasteiger partial charge on any atom is -0.509 e. The van der Waals surface area contributed by atoms with Gasteiger partial charge in [-0.15, -0.1) is 0 Å². The minimum absolute atomic E-state index is 0.00615. The molecule has 2 aliphatic rings. The first kappa shape index (κ1) is 26.4. The number of hydrogen-bond donors (Lipinski definition) is 5. The summed E-state index contributed by atoms with van der Waals surface area (Å²) in [5.74, 6) is -0.866. The van der Waals surface area contributed by atoms with Crippen molar-refractivity contribution < 1.29 is 28.1 Å². The molecule has 12 heteroatoms. The maximum atomic E-state index is 13.5. The zero-order valence-electron chi connectivity index (χ0n) is 20.5. The van der Waals surface area contributed by atoms with Crippen molar-refractivity contribution in [2.45, 2.75) is 53.5 Å². The highest BCUT2D eigenvalue weighted by Gasteiger charge is 2.54. The third-order valence-corrected chi connectivity index (χ3v) is 8.40. The van der Waals surface area contributed by atoms with Crippen LogP contribution in [0.4, 0.5) is 11.4 Å². The molecular formula is C22H34N4O6PS+. The Bertz CT molecular complexity index is 1190. The van der Waals surface area contributed by atoms with Crippen molar-refractivity contribution in [3.63, 3.8) is 0 Å². The van der Waals surface area contributed by atoms with Crippen LogP contribution in [0.3, 0.4) is 0 Å². The number of nitrogens with one attached hydrogen (secondary N) is 2. The van der Waals surface area contributed by atoms with Crippen molar-refractivity contribution in [2.24, 2.45) is 16.1 Å². The summed E-state index contributed by atoms with van der Waals surface area (Å²) in [5, 5.41) is 14.2. The highest BCUT2D eigenvalue weighted by atomic mass is 32.2. The Hall–Kier alpha value is -2.20. The van der Waals surface area contributed by atoms with Crippen LogP contribution < -0.4 is 15.3 Å². The van der Waals surface area contributed by atoms with Gasteiger partial charge in [0.15, 0.2) is 5.84 Å². The Kier molecular flexibility index (Phi) is 6.58. The molecule has 0 saturated carbocycles. The normalized spacial score (nSPS) is 22.6. The molecule has 0 bridgehead atoms. The maximum Gasteiger partial charge on any atom is 0.429 e. The molecule has 188 valence electrons. The molecule has 2 aliphatic heterocycles. The molecule has 1 atom stereocenters. The molecule has 34 heavy (non-hydrogen) atoms. The molecule has 0 aromatic heterocycles. The topological polar surface area (TPSA) is 152 Å². The van der Waals surface area contributed by atoms with Crippen LogP contribution in [0.15, 0.2) is 34.3 Å². The van der Waals surface area contributed by atoms with Crippen LogP contribution in [0.5, 0.6) is 0 Å². The molecule has 1 aromatic carbocycles. The van der Waals surface area contributed by atoms with Gasteiger partial charge in [-0.2, -0.15) is 9.79 Å². The summed E-state index contributed by atoms with van der Waals surface area (Å²) in [7, 11) is -7.70. The number of aliphatic hydroxyl groups excluding tert-OH is 1. The number of aliphatic hydroxyl groups is 1. The van der Waals surface area contributed by atoms with Gasteiger partial charge in [0, 0.05) is 12.6 Å². The second kappa shape index (κ2) is 8.48. The molecule has 0 aliphatic carbocycles. The molecule has 1 amide bonds.